The van der Waals surface area contributed by atoms with Crippen LogP contribution in [0.5, 0.6) is 5.75 Å². The van der Waals surface area contributed by atoms with Crippen molar-refractivity contribution < 1.29 is 28.3 Å². The molecule has 9 heteroatoms. The van der Waals surface area contributed by atoms with E-state index in [0.29, 0.717) is 11.3 Å². The zero-order valence-electron chi connectivity index (χ0n) is 14.8. The number of ether oxygens (including phenoxy) is 2. The Morgan fingerprint density at radius 3 is 2.68 bits per heavy atom. The van der Waals surface area contributed by atoms with E-state index in [1.54, 1.807) is 24.3 Å². The molecule has 1 fully saturated rings. The van der Waals surface area contributed by atoms with E-state index in [1.807, 2.05) is 6.07 Å². The minimum atomic E-state index is -0.647. The molecule has 1 saturated heterocycles. The van der Waals surface area contributed by atoms with Gasteiger partial charge in [-0.3, -0.25) is 9.69 Å². The summed E-state index contributed by atoms with van der Waals surface area (Å²) in [6.07, 6.45) is 1.52. The summed E-state index contributed by atoms with van der Waals surface area (Å²) in [5.74, 6) is -0.397. The van der Waals surface area contributed by atoms with Gasteiger partial charge in [-0.2, -0.15) is 5.26 Å². The Kier molecular flexibility index (Phi) is 5.41. The van der Waals surface area contributed by atoms with Crippen LogP contribution in [0.3, 0.4) is 0 Å². The molecule has 0 saturated carbocycles. The second-order valence-corrected chi connectivity index (χ2v) is 5.65. The summed E-state index contributed by atoms with van der Waals surface area (Å²) in [4.78, 5) is 37.0. The number of rotatable bonds is 6. The number of amides is 3. The monoisotopic (exact) mass is 381 g/mol. The lowest BCUT2D eigenvalue weighted by Gasteiger charge is -2.09. The van der Waals surface area contributed by atoms with E-state index < -0.39 is 17.9 Å². The fourth-order valence-corrected chi connectivity index (χ4v) is 2.49. The molecular weight excluding hydrogens is 366 g/mol. The van der Waals surface area contributed by atoms with Crippen molar-refractivity contribution in [2.24, 2.45) is 0 Å². The van der Waals surface area contributed by atoms with Crippen molar-refractivity contribution in [3.8, 4) is 11.8 Å². The first kappa shape index (κ1) is 18.7. The standard InChI is InChI=1S/C19H15N3O6/c1-26-18(24)16-7-6-14(28-16)11-22-17(23)15(21-19(22)25)10-12-2-4-13(5-3-12)27-9-8-20/h2-7,10H,9,11H2,1H3,(H,21,25). The fourth-order valence-electron chi connectivity index (χ4n) is 2.49. The quantitative estimate of drug-likeness (QED) is 0.462. The van der Waals surface area contributed by atoms with Crippen LogP contribution < -0.4 is 10.1 Å². The van der Waals surface area contributed by atoms with Crippen molar-refractivity contribution in [3.05, 3.63) is 59.2 Å². The number of furan rings is 1. The van der Waals surface area contributed by atoms with Crippen molar-refractivity contribution in [1.82, 2.24) is 10.2 Å². The average molecular weight is 381 g/mol. The topological polar surface area (TPSA) is 122 Å². The number of carbonyl (C=O) groups is 3. The molecule has 0 aliphatic carbocycles. The van der Waals surface area contributed by atoms with E-state index in [-0.39, 0.29) is 30.4 Å². The van der Waals surface area contributed by atoms with Crippen LogP contribution >= 0.6 is 0 Å². The van der Waals surface area contributed by atoms with Crippen LogP contribution in [0, 0.1) is 11.3 Å². The molecule has 3 amide bonds. The summed E-state index contributed by atoms with van der Waals surface area (Å²) in [5, 5.41) is 11.0. The van der Waals surface area contributed by atoms with Gasteiger partial charge in [0.05, 0.1) is 13.7 Å². The predicted octanol–water partition coefficient (Wildman–Crippen LogP) is 2.06. The summed E-state index contributed by atoms with van der Waals surface area (Å²) >= 11 is 0. The zero-order chi connectivity index (χ0) is 20.1. The molecule has 1 aliphatic rings. The maximum Gasteiger partial charge on any atom is 0.373 e. The number of nitrogens with zero attached hydrogens (tertiary/aromatic N) is 2. The van der Waals surface area contributed by atoms with E-state index in [9.17, 15) is 14.4 Å². The first-order chi connectivity index (χ1) is 13.5. The summed E-state index contributed by atoms with van der Waals surface area (Å²) in [6.45, 7) is -0.186. The lowest BCUT2D eigenvalue weighted by molar-refractivity contribution is -0.123. The molecule has 1 aromatic carbocycles. The second kappa shape index (κ2) is 8.09. The van der Waals surface area contributed by atoms with Crippen LogP contribution in [0.4, 0.5) is 4.79 Å². The highest BCUT2D eigenvalue weighted by molar-refractivity contribution is 6.13. The third kappa shape index (κ3) is 4.02. The normalized spacial score (nSPS) is 14.7. The van der Waals surface area contributed by atoms with Gasteiger partial charge in [-0.1, -0.05) is 12.1 Å². The van der Waals surface area contributed by atoms with Gasteiger partial charge in [0.15, 0.2) is 6.61 Å². The minimum Gasteiger partial charge on any atom is -0.479 e. The fraction of sp³-hybridized carbons (Fsp3) is 0.158. The zero-order valence-corrected chi connectivity index (χ0v) is 14.8. The summed E-state index contributed by atoms with van der Waals surface area (Å²) in [6, 6.07) is 10.9. The van der Waals surface area contributed by atoms with Gasteiger partial charge in [-0.05, 0) is 35.9 Å². The van der Waals surface area contributed by atoms with Gasteiger partial charge < -0.3 is 19.2 Å². The molecule has 28 heavy (non-hydrogen) atoms. The number of urea groups is 1. The molecule has 0 bridgehead atoms. The highest BCUT2D eigenvalue weighted by Gasteiger charge is 2.34. The Labute approximate surface area is 159 Å². The van der Waals surface area contributed by atoms with Crippen LogP contribution in [0.25, 0.3) is 6.08 Å². The van der Waals surface area contributed by atoms with E-state index >= 15 is 0 Å². The smallest absolute Gasteiger partial charge is 0.373 e. The molecule has 0 radical (unpaired) electrons. The van der Waals surface area contributed by atoms with Gasteiger partial charge in [0.2, 0.25) is 5.76 Å². The number of hydrogen-bond acceptors (Lipinski definition) is 7. The van der Waals surface area contributed by atoms with Crippen LogP contribution in [0.15, 0.2) is 46.5 Å². The number of imide groups is 1. The van der Waals surface area contributed by atoms with Crippen molar-refractivity contribution >= 4 is 24.0 Å². The molecule has 0 atom stereocenters. The number of nitrogens with one attached hydrogen (secondary N) is 1. The third-order valence-electron chi connectivity index (χ3n) is 3.82. The molecule has 2 heterocycles. The number of methoxy groups -OCH3 is 1. The molecule has 142 valence electrons. The first-order valence-electron chi connectivity index (χ1n) is 8.13. The van der Waals surface area contributed by atoms with E-state index in [0.717, 1.165) is 4.90 Å². The maximum absolute atomic E-state index is 12.5. The highest BCUT2D eigenvalue weighted by Crippen LogP contribution is 2.20. The molecule has 0 spiro atoms. The van der Waals surface area contributed by atoms with Gasteiger partial charge in [-0.25, -0.2) is 9.59 Å². The molecule has 9 nitrogen and oxygen atoms in total. The third-order valence-corrected chi connectivity index (χ3v) is 3.82. The highest BCUT2D eigenvalue weighted by atomic mass is 16.5. The van der Waals surface area contributed by atoms with Gasteiger partial charge in [0, 0.05) is 0 Å². The van der Waals surface area contributed by atoms with Crippen molar-refractivity contribution in [3.63, 3.8) is 0 Å². The second-order valence-electron chi connectivity index (χ2n) is 5.65. The molecule has 1 aromatic heterocycles. The van der Waals surface area contributed by atoms with Crippen molar-refractivity contribution in [2.75, 3.05) is 13.7 Å². The SMILES string of the molecule is COC(=O)c1ccc(CN2C(=O)NC(=Cc3ccc(OCC#N)cc3)C2=O)o1. The Morgan fingerprint density at radius 2 is 2.00 bits per heavy atom. The lowest BCUT2D eigenvalue weighted by Crippen LogP contribution is -2.30. The summed E-state index contributed by atoms with van der Waals surface area (Å²) < 4.78 is 15.0. The van der Waals surface area contributed by atoms with Crippen LogP contribution in [-0.2, 0) is 16.1 Å². The van der Waals surface area contributed by atoms with Gasteiger partial charge in [-0.15, -0.1) is 0 Å². The predicted molar refractivity (Wildman–Crippen MR) is 94.7 cm³/mol. The number of benzene rings is 1. The minimum absolute atomic E-state index is 0.0148. The first-order valence-corrected chi connectivity index (χ1v) is 8.13. The Bertz CT molecular complexity index is 984. The van der Waals surface area contributed by atoms with E-state index in [2.05, 4.69) is 10.1 Å². The average Bonchev–Trinajstić information content (AvgIpc) is 3.27. The van der Waals surface area contributed by atoms with Crippen molar-refractivity contribution in [1.29, 1.82) is 5.26 Å². The molecule has 3 rings (SSSR count). The lowest BCUT2D eigenvalue weighted by atomic mass is 10.2. The van der Waals surface area contributed by atoms with Gasteiger partial charge in [0.1, 0.15) is 23.3 Å². The number of esters is 1. The molecule has 2 aromatic rings. The van der Waals surface area contributed by atoms with Gasteiger partial charge >= 0.3 is 12.0 Å². The van der Waals surface area contributed by atoms with Gasteiger partial charge in [0.25, 0.3) is 5.91 Å². The summed E-state index contributed by atoms with van der Waals surface area (Å²) in [7, 11) is 1.22. The summed E-state index contributed by atoms with van der Waals surface area (Å²) in [5.41, 5.74) is 0.774. The van der Waals surface area contributed by atoms with Crippen molar-refractivity contribution in [2.45, 2.75) is 6.54 Å². The van der Waals surface area contributed by atoms with Crippen LogP contribution in [0.1, 0.15) is 21.9 Å². The maximum atomic E-state index is 12.5. The molecular formula is C19H15N3O6. The van der Waals surface area contributed by atoms with E-state index in [1.165, 1.54) is 25.3 Å². The van der Waals surface area contributed by atoms with Crippen LogP contribution in [-0.4, -0.2) is 36.5 Å². The Morgan fingerprint density at radius 1 is 1.25 bits per heavy atom. The molecule has 1 N–H and O–H groups in total. The molecule has 0 unspecified atom stereocenters. The van der Waals surface area contributed by atoms with Crippen LogP contribution in [0.2, 0.25) is 0 Å². The molecule has 1 aliphatic heterocycles. The van der Waals surface area contributed by atoms with E-state index in [4.69, 9.17) is 14.4 Å². The number of carbonyl (C=O) groups excluding carboxylic acids is 3. The number of nitriles is 1. The largest absolute Gasteiger partial charge is 0.479 e. The Balaban J connectivity index is 1.70. The Hall–Kier alpha value is -4.06. The number of hydrogen-bond donors (Lipinski definition) is 1.